The minimum Gasteiger partial charge on any atom is -0.0744 e. The average molecular weight is 763 g/mol. The summed E-state index contributed by atoms with van der Waals surface area (Å²) >= 11 is 0. The highest BCUT2D eigenvalue weighted by Gasteiger charge is 2.30. The van der Waals surface area contributed by atoms with Gasteiger partial charge < -0.3 is 0 Å². The first-order valence-corrected chi connectivity index (χ1v) is 21.4. The SMILES string of the molecule is CC1(C)C=CC=C2C=c3cc4c5ccccc5c5cccc(-c6cccc(-c7cccc8c9ccccc9c9cc%10c(cc9c78)=C7C(=CC=CC7(C)C)C=%10)c6)c5c4cc3=C21. The maximum absolute atomic E-state index is 2.51. The van der Waals surface area contributed by atoms with E-state index in [0.29, 0.717) is 0 Å². The Hall–Kier alpha value is -7.02. The molecule has 0 saturated heterocycles. The molecule has 60 heavy (non-hydrogen) atoms. The number of hydrogen-bond donors (Lipinski definition) is 0. The second-order valence-corrected chi connectivity index (χ2v) is 18.5. The van der Waals surface area contributed by atoms with Gasteiger partial charge >= 0.3 is 0 Å². The van der Waals surface area contributed by atoms with E-state index in [9.17, 15) is 0 Å². The van der Waals surface area contributed by atoms with Crippen LogP contribution in [0.15, 0.2) is 181 Å². The van der Waals surface area contributed by atoms with Crippen LogP contribution in [-0.4, -0.2) is 0 Å². The van der Waals surface area contributed by atoms with Gasteiger partial charge in [-0.25, -0.2) is 0 Å². The van der Waals surface area contributed by atoms with Gasteiger partial charge in [-0.15, -0.1) is 0 Å². The lowest BCUT2D eigenvalue weighted by Gasteiger charge is -2.26. The van der Waals surface area contributed by atoms with Gasteiger partial charge in [0.15, 0.2) is 0 Å². The molecule has 0 bridgehead atoms. The van der Waals surface area contributed by atoms with Gasteiger partial charge in [0, 0.05) is 10.8 Å². The molecule has 13 rings (SSSR count). The van der Waals surface area contributed by atoms with E-state index in [4.69, 9.17) is 0 Å². The van der Waals surface area contributed by atoms with Crippen molar-refractivity contribution in [2.75, 3.05) is 0 Å². The Morgan fingerprint density at radius 3 is 1.20 bits per heavy atom. The zero-order valence-corrected chi connectivity index (χ0v) is 34.3. The second-order valence-electron chi connectivity index (χ2n) is 18.5. The van der Waals surface area contributed by atoms with Gasteiger partial charge in [-0.1, -0.05) is 167 Å². The van der Waals surface area contributed by atoms with Crippen molar-refractivity contribution in [1.29, 1.82) is 0 Å². The molecule has 0 amide bonds. The molecule has 4 aliphatic rings. The Balaban J connectivity index is 1.11. The largest absolute Gasteiger partial charge is 0.0744 e. The molecule has 282 valence electrons. The lowest BCUT2D eigenvalue weighted by atomic mass is 9.77. The van der Waals surface area contributed by atoms with E-state index in [0.717, 1.165) is 0 Å². The van der Waals surface area contributed by atoms with Gasteiger partial charge in [-0.05, 0) is 173 Å². The highest BCUT2D eigenvalue weighted by atomic mass is 14.3. The quantitative estimate of drug-likeness (QED) is 0.154. The fourth-order valence-corrected chi connectivity index (χ4v) is 11.6. The molecule has 0 nitrogen and oxygen atoms in total. The Bertz CT molecular complexity index is 3660. The van der Waals surface area contributed by atoms with Crippen molar-refractivity contribution in [1.82, 2.24) is 0 Å². The van der Waals surface area contributed by atoms with Crippen LogP contribution in [-0.2, 0) is 0 Å². The van der Waals surface area contributed by atoms with Crippen LogP contribution in [0.4, 0.5) is 0 Å². The average Bonchev–Trinajstić information content (AvgIpc) is 3.84. The standard InChI is InChI=1S/C60H42/c1-59(2)26-12-16-37-29-39-31-51-45-20-7-5-18-43(45)47-24-10-22-41(55(47)53(51)33-49(39)57(37)59)35-14-9-15-36(28-35)42-23-11-25-48-44-19-6-8-21-46(44)52-32-40-30-38-17-13-27-60(3,4)58(38)50(40)34-54(52)56(42)48/h5-34H,1-4H3. The molecule has 9 aromatic rings. The molecule has 0 unspecified atom stereocenters. The van der Waals surface area contributed by atoms with E-state index in [1.165, 1.54) is 130 Å². The summed E-state index contributed by atoms with van der Waals surface area (Å²) in [5.74, 6) is 0. The number of hydrogen-bond acceptors (Lipinski definition) is 0. The van der Waals surface area contributed by atoms with Crippen molar-refractivity contribution >= 4 is 87.9 Å². The van der Waals surface area contributed by atoms with Crippen LogP contribution in [0.3, 0.4) is 0 Å². The summed E-state index contributed by atoms with van der Waals surface area (Å²) in [5, 5.41) is 21.0. The third-order valence-electron chi connectivity index (χ3n) is 14.2. The van der Waals surface area contributed by atoms with E-state index >= 15 is 0 Å². The summed E-state index contributed by atoms with van der Waals surface area (Å²) in [7, 11) is 0. The van der Waals surface area contributed by atoms with Gasteiger partial charge in [0.05, 0.1) is 0 Å². The first kappa shape index (κ1) is 33.9. The predicted molar refractivity (Wildman–Crippen MR) is 259 cm³/mol. The molecular weight excluding hydrogens is 721 g/mol. The summed E-state index contributed by atoms with van der Waals surface area (Å²) < 4.78 is 0. The smallest absolute Gasteiger partial charge is 0.00905 e. The molecule has 0 fully saturated rings. The third kappa shape index (κ3) is 4.57. The summed E-state index contributed by atoms with van der Waals surface area (Å²) in [6.07, 6.45) is 18.5. The monoisotopic (exact) mass is 762 g/mol. The van der Waals surface area contributed by atoms with Crippen molar-refractivity contribution in [2.24, 2.45) is 10.8 Å². The molecule has 0 N–H and O–H groups in total. The van der Waals surface area contributed by atoms with Crippen LogP contribution in [0.5, 0.6) is 0 Å². The van der Waals surface area contributed by atoms with Gasteiger partial charge in [0.25, 0.3) is 0 Å². The van der Waals surface area contributed by atoms with E-state index < -0.39 is 0 Å². The van der Waals surface area contributed by atoms with E-state index in [2.05, 4.69) is 210 Å². The van der Waals surface area contributed by atoms with Gasteiger partial charge in [-0.3, -0.25) is 0 Å². The lowest BCUT2D eigenvalue weighted by molar-refractivity contribution is 0.644. The molecule has 0 aromatic heterocycles. The minimum atomic E-state index is -0.0447. The van der Waals surface area contributed by atoms with Crippen LogP contribution in [0.2, 0.25) is 0 Å². The zero-order chi connectivity index (χ0) is 40.1. The molecule has 9 aromatic carbocycles. The number of allylic oxidation sites excluding steroid dienone is 8. The molecule has 4 aliphatic carbocycles. The normalized spacial score (nSPS) is 16.9. The van der Waals surface area contributed by atoms with E-state index in [1.807, 2.05) is 0 Å². The van der Waals surface area contributed by atoms with Crippen LogP contribution in [0.1, 0.15) is 27.7 Å². The van der Waals surface area contributed by atoms with Gasteiger partial charge in [0.1, 0.15) is 0 Å². The van der Waals surface area contributed by atoms with Crippen LogP contribution in [0.25, 0.3) is 110 Å². The fraction of sp³-hybridized carbons (Fsp3) is 0.100. The summed E-state index contributed by atoms with van der Waals surface area (Å²) in [6, 6.07) is 51.1. The van der Waals surface area contributed by atoms with Crippen molar-refractivity contribution in [3.05, 3.63) is 202 Å². The first-order chi connectivity index (χ1) is 29.2. The van der Waals surface area contributed by atoms with Crippen LogP contribution >= 0.6 is 0 Å². The second kappa shape index (κ2) is 11.8. The molecular formula is C60H42. The zero-order valence-electron chi connectivity index (χ0n) is 34.3. The molecule has 0 saturated carbocycles. The van der Waals surface area contributed by atoms with Gasteiger partial charge in [0.2, 0.25) is 0 Å². The maximum atomic E-state index is 2.51. The third-order valence-corrected chi connectivity index (χ3v) is 14.2. The first-order valence-electron chi connectivity index (χ1n) is 21.4. The number of rotatable bonds is 2. The maximum Gasteiger partial charge on any atom is 0.00905 e. The number of fused-ring (bicyclic) bond motifs is 16. The molecule has 0 heteroatoms. The lowest BCUT2D eigenvalue weighted by Crippen LogP contribution is -2.27. The molecule has 0 atom stereocenters. The Labute approximate surface area is 349 Å². The van der Waals surface area contributed by atoms with Gasteiger partial charge in [-0.2, -0.15) is 0 Å². The Morgan fingerprint density at radius 1 is 0.350 bits per heavy atom. The number of benzene rings is 9. The van der Waals surface area contributed by atoms with E-state index in [-0.39, 0.29) is 10.8 Å². The van der Waals surface area contributed by atoms with Crippen LogP contribution < -0.4 is 20.9 Å². The van der Waals surface area contributed by atoms with E-state index in [1.54, 1.807) is 0 Å². The van der Waals surface area contributed by atoms with Crippen molar-refractivity contribution < 1.29 is 0 Å². The summed E-state index contributed by atoms with van der Waals surface area (Å²) in [5.41, 5.74) is 10.4. The fourth-order valence-electron chi connectivity index (χ4n) is 11.6. The predicted octanol–water partition coefficient (Wildman–Crippen LogP) is 12.9. The highest BCUT2D eigenvalue weighted by Crippen LogP contribution is 2.45. The Kier molecular flexibility index (Phi) is 6.67. The minimum absolute atomic E-state index is 0.0447. The molecule has 0 aliphatic heterocycles. The topological polar surface area (TPSA) is 0 Å². The molecule has 0 radical (unpaired) electrons. The van der Waals surface area contributed by atoms with Crippen molar-refractivity contribution in [3.63, 3.8) is 0 Å². The van der Waals surface area contributed by atoms with Crippen molar-refractivity contribution in [3.8, 4) is 22.3 Å². The molecule has 0 spiro atoms. The van der Waals surface area contributed by atoms with Crippen molar-refractivity contribution in [2.45, 2.75) is 27.7 Å². The summed E-state index contributed by atoms with van der Waals surface area (Å²) in [6.45, 7) is 9.39. The molecule has 0 heterocycles. The van der Waals surface area contributed by atoms with Crippen LogP contribution in [0, 0.1) is 10.8 Å². The summed E-state index contributed by atoms with van der Waals surface area (Å²) in [4.78, 5) is 0. The highest BCUT2D eigenvalue weighted by molar-refractivity contribution is 6.30. The Morgan fingerprint density at radius 2 is 0.750 bits per heavy atom.